The topological polar surface area (TPSA) is 37.3 Å². The van der Waals surface area contributed by atoms with Crippen LogP contribution in [0.5, 0.6) is 0 Å². The van der Waals surface area contributed by atoms with Crippen LogP contribution in [0.25, 0.3) is 0 Å². The molecular weight excluding hydrogens is 176 g/mol. The predicted molar refractivity (Wildman–Crippen MR) is 56.9 cm³/mol. The molecule has 0 aromatic carbocycles. The Morgan fingerprint density at radius 3 is 2.71 bits per heavy atom. The number of allylic oxidation sites excluding steroid dienone is 5. The summed E-state index contributed by atoms with van der Waals surface area (Å²) in [4.78, 5) is 10.4. The fourth-order valence-electron chi connectivity index (χ4n) is 1.82. The van der Waals surface area contributed by atoms with Gasteiger partial charge < -0.3 is 5.11 Å². The van der Waals surface area contributed by atoms with Crippen molar-refractivity contribution >= 4 is 5.97 Å². The molecule has 0 bridgehead atoms. The molecule has 1 aliphatic carbocycles. The normalized spacial score (nSPS) is 25.1. The lowest BCUT2D eigenvalue weighted by molar-refractivity contribution is -0.131. The zero-order valence-corrected chi connectivity index (χ0v) is 8.82. The molecule has 0 aromatic rings. The first-order chi connectivity index (χ1) is 6.43. The van der Waals surface area contributed by atoms with Crippen LogP contribution in [0.1, 0.15) is 20.8 Å². The maximum absolute atomic E-state index is 10.4. The maximum Gasteiger partial charge on any atom is 0.327 e. The van der Waals surface area contributed by atoms with Crippen molar-refractivity contribution in [3.63, 3.8) is 0 Å². The van der Waals surface area contributed by atoms with Gasteiger partial charge in [-0.3, -0.25) is 0 Å². The predicted octanol–water partition coefficient (Wildman–Crippen LogP) is 2.79. The minimum Gasteiger partial charge on any atom is -0.478 e. The molecule has 0 aliphatic heterocycles. The molecule has 1 aliphatic rings. The van der Waals surface area contributed by atoms with E-state index in [2.05, 4.69) is 19.9 Å². The molecule has 14 heavy (non-hydrogen) atoms. The first-order valence-corrected chi connectivity index (χ1v) is 4.70. The molecule has 2 nitrogen and oxygen atoms in total. The van der Waals surface area contributed by atoms with Crippen LogP contribution in [0.2, 0.25) is 0 Å². The summed E-state index contributed by atoms with van der Waals surface area (Å²) in [6.45, 7) is 6.25. The van der Waals surface area contributed by atoms with Crippen molar-refractivity contribution in [2.75, 3.05) is 0 Å². The molecule has 1 unspecified atom stereocenters. The SMILES string of the molecule is CC1=CC=CC(C)(C)C1C=CC(=O)O. The Morgan fingerprint density at radius 1 is 1.57 bits per heavy atom. The van der Waals surface area contributed by atoms with Crippen molar-refractivity contribution in [2.45, 2.75) is 20.8 Å². The van der Waals surface area contributed by atoms with Crippen LogP contribution in [-0.4, -0.2) is 11.1 Å². The Bertz CT molecular complexity index is 319. The highest BCUT2D eigenvalue weighted by Crippen LogP contribution is 2.37. The first-order valence-electron chi connectivity index (χ1n) is 4.70. The van der Waals surface area contributed by atoms with Gasteiger partial charge >= 0.3 is 5.97 Å². The van der Waals surface area contributed by atoms with Crippen LogP contribution in [-0.2, 0) is 4.79 Å². The molecule has 0 radical (unpaired) electrons. The molecule has 0 aromatic heterocycles. The van der Waals surface area contributed by atoms with Gasteiger partial charge in [-0.05, 0) is 12.3 Å². The van der Waals surface area contributed by atoms with E-state index in [1.165, 1.54) is 11.6 Å². The van der Waals surface area contributed by atoms with E-state index >= 15 is 0 Å². The highest BCUT2D eigenvalue weighted by molar-refractivity contribution is 5.79. The van der Waals surface area contributed by atoms with E-state index in [-0.39, 0.29) is 11.3 Å². The van der Waals surface area contributed by atoms with Gasteiger partial charge in [0.15, 0.2) is 0 Å². The molecule has 0 saturated heterocycles. The highest BCUT2D eigenvalue weighted by atomic mass is 16.4. The molecule has 0 fully saturated rings. The monoisotopic (exact) mass is 192 g/mol. The lowest BCUT2D eigenvalue weighted by Crippen LogP contribution is -2.23. The van der Waals surface area contributed by atoms with Gasteiger partial charge in [0.05, 0.1) is 0 Å². The Hall–Kier alpha value is -1.31. The highest BCUT2D eigenvalue weighted by Gasteiger charge is 2.27. The Morgan fingerprint density at radius 2 is 2.21 bits per heavy atom. The molecule has 1 rings (SSSR count). The van der Waals surface area contributed by atoms with Crippen molar-refractivity contribution < 1.29 is 9.90 Å². The summed E-state index contributed by atoms with van der Waals surface area (Å²) in [6, 6.07) is 0. The number of carbonyl (C=O) groups is 1. The molecule has 1 atom stereocenters. The fraction of sp³-hybridized carbons (Fsp3) is 0.417. The van der Waals surface area contributed by atoms with Gasteiger partial charge in [-0.1, -0.05) is 43.7 Å². The van der Waals surface area contributed by atoms with E-state index in [1.54, 1.807) is 6.08 Å². The van der Waals surface area contributed by atoms with E-state index in [4.69, 9.17) is 5.11 Å². The number of carboxylic acids is 1. The van der Waals surface area contributed by atoms with Crippen LogP contribution in [0, 0.1) is 11.3 Å². The van der Waals surface area contributed by atoms with Gasteiger partial charge in [-0.2, -0.15) is 0 Å². The summed E-state index contributed by atoms with van der Waals surface area (Å²) in [7, 11) is 0. The molecule has 2 heteroatoms. The van der Waals surface area contributed by atoms with Crippen molar-refractivity contribution in [1.82, 2.24) is 0 Å². The van der Waals surface area contributed by atoms with Crippen LogP contribution in [0.4, 0.5) is 0 Å². The quantitative estimate of drug-likeness (QED) is 0.683. The van der Waals surface area contributed by atoms with Gasteiger partial charge in [0, 0.05) is 12.0 Å². The second-order valence-electron chi connectivity index (χ2n) is 4.27. The van der Waals surface area contributed by atoms with Crippen LogP contribution < -0.4 is 0 Å². The van der Waals surface area contributed by atoms with Gasteiger partial charge in [-0.25, -0.2) is 4.79 Å². The number of carboxylic acid groups (broad SMARTS) is 1. The number of rotatable bonds is 2. The molecule has 0 amide bonds. The van der Waals surface area contributed by atoms with Gasteiger partial charge in [0.25, 0.3) is 0 Å². The minimum atomic E-state index is -0.886. The van der Waals surface area contributed by atoms with E-state index < -0.39 is 5.97 Å². The van der Waals surface area contributed by atoms with Crippen LogP contribution >= 0.6 is 0 Å². The smallest absolute Gasteiger partial charge is 0.327 e. The summed E-state index contributed by atoms with van der Waals surface area (Å²) in [5.74, 6) is -0.702. The lowest BCUT2D eigenvalue weighted by atomic mass is 9.72. The Kier molecular flexibility index (Phi) is 2.94. The standard InChI is InChI=1S/C12H16O2/c1-9-5-4-8-12(2,3)10(9)6-7-11(13)14/h4-8,10H,1-3H3,(H,13,14). The first kappa shape index (κ1) is 10.8. The van der Waals surface area contributed by atoms with Gasteiger partial charge in [-0.15, -0.1) is 0 Å². The summed E-state index contributed by atoms with van der Waals surface area (Å²) >= 11 is 0. The summed E-state index contributed by atoms with van der Waals surface area (Å²) in [5, 5.41) is 8.58. The third kappa shape index (κ3) is 2.34. The molecule has 0 saturated carbocycles. The summed E-state index contributed by atoms with van der Waals surface area (Å²) in [6.07, 6.45) is 9.15. The van der Waals surface area contributed by atoms with E-state index in [0.29, 0.717) is 0 Å². The average molecular weight is 192 g/mol. The largest absolute Gasteiger partial charge is 0.478 e. The molecule has 76 valence electrons. The van der Waals surface area contributed by atoms with E-state index in [9.17, 15) is 4.79 Å². The summed E-state index contributed by atoms with van der Waals surface area (Å²) < 4.78 is 0. The zero-order chi connectivity index (χ0) is 10.8. The third-order valence-electron chi connectivity index (χ3n) is 2.61. The van der Waals surface area contributed by atoms with Gasteiger partial charge in [0.2, 0.25) is 0 Å². The molecular formula is C12H16O2. The van der Waals surface area contributed by atoms with Crippen molar-refractivity contribution in [2.24, 2.45) is 11.3 Å². The maximum atomic E-state index is 10.4. The van der Waals surface area contributed by atoms with Crippen molar-refractivity contribution in [1.29, 1.82) is 0 Å². The molecule has 0 heterocycles. The fourth-order valence-corrected chi connectivity index (χ4v) is 1.82. The third-order valence-corrected chi connectivity index (χ3v) is 2.61. The average Bonchev–Trinajstić information content (AvgIpc) is 2.01. The Balaban J connectivity index is 2.90. The van der Waals surface area contributed by atoms with E-state index in [1.807, 2.05) is 19.1 Å². The van der Waals surface area contributed by atoms with Crippen molar-refractivity contribution in [3.8, 4) is 0 Å². The summed E-state index contributed by atoms with van der Waals surface area (Å²) in [5.41, 5.74) is 1.21. The van der Waals surface area contributed by atoms with Crippen LogP contribution in [0.15, 0.2) is 36.0 Å². The lowest BCUT2D eigenvalue weighted by Gasteiger charge is -2.32. The van der Waals surface area contributed by atoms with Crippen molar-refractivity contribution in [3.05, 3.63) is 36.0 Å². The molecule has 0 spiro atoms. The Labute approximate surface area is 84.6 Å². The number of hydrogen-bond acceptors (Lipinski definition) is 1. The second-order valence-corrected chi connectivity index (χ2v) is 4.27. The zero-order valence-electron chi connectivity index (χ0n) is 8.82. The number of aliphatic carboxylic acids is 1. The second kappa shape index (κ2) is 3.82. The van der Waals surface area contributed by atoms with E-state index in [0.717, 1.165) is 0 Å². The minimum absolute atomic E-state index is 0.00475. The molecule has 1 N–H and O–H groups in total. The number of hydrogen-bond donors (Lipinski definition) is 1. The van der Waals surface area contributed by atoms with Gasteiger partial charge in [0.1, 0.15) is 0 Å². The van der Waals surface area contributed by atoms with Crippen LogP contribution in [0.3, 0.4) is 0 Å².